The van der Waals surface area contributed by atoms with Gasteiger partial charge in [-0.05, 0) is 31.2 Å². The van der Waals surface area contributed by atoms with Crippen LogP contribution in [0.25, 0.3) is 0 Å². The Labute approximate surface area is 152 Å². The number of carbonyl (C=O) groups is 1. The number of amides is 1. The van der Waals surface area contributed by atoms with E-state index in [0.29, 0.717) is 24.0 Å². The molecular weight excluding hydrogens is 336 g/mol. The number of thiazole rings is 1. The van der Waals surface area contributed by atoms with Gasteiger partial charge >= 0.3 is 0 Å². The second kappa shape index (κ2) is 8.82. The molecule has 134 valence electrons. The molecule has 3 rings (SSSR count). The molecule has 1 aliphatic heterocycles. The van der Waals surface area contributed by atoms with Crippen LogP contribution in [0.1, 0.15) is 30.3 Å². The van der Waals surface area contributed by atoms with E-state index in [-0.39, 0.29) is 5.91 Å². The zero-order chi connectivity index (χ0) is 17.5. The smallest absolute Gasteiger partial charge is 0.271 e. The number of nitrogens with one attached hydrogen (secondary N) is 3. The number of quaternary nitrogens is 1. The first-order chi connectivity index (χ1) is 12.2. The summed E-state index contributed by atoms with van der Waals surface area (Å²) in [6.45, 7) is 6.75. The first kappa shape index (κ1) is 17.7. The number of nitrogens with zero attached hydrogens (tertiary/aromatic N) is 1. The van der Waals surface area contributed by atoms with Gasteiger partial charge in [0, 0.05) is 23.9 Å². The molecule has 3 N–H and O–H groups in total. The summed E-state index contributed by atoms with van der Waals surface area (Å²) in [6.07, 6.45) is 2.60. The molecular formula is C18H25N4O2S+. The third-order valence-electron chi connectivity index (χ3n) is 4.23. The van der Waals surface area contributed by atoms with Crippen LogP contribution >= 0.6 is 11.3 Å². The van der Waals surface area contributed by atoms with Gasteiger partial charge < -0.3 is 20.3 Å². The highest BCUT2D eigenvalue weighted by atomic mass is 32.1. The van der Waals surface area contributed by atoms with Crippen molar-refractivity contribution in [2.45, 2.75) is 19.8 Å². The van der Waals surface area contributed by atoms with E-state index in [2.05, 4.69) is 15.6 Å². The molecule has 0 atom stereocenters. The molecule has 6 nitrogen and oxygen atoms in total. The van der Waals surface area contributed by atoms with Crippen molar-refractivity contribution in [2.75, 3.05) is 38.1 Å². The van der Waals surface area contributed by atoms with Crippen LogP contribution in [-0.4, -0.2) is 43.7 Å². The fourth-order valence-electron chi connectivity index (χ4n) is 2.93. The SMILES string of the molecule is CCOc1ccc(Nc2nc(C(=O)NCC[NH+]3CCCC3)cs2)cc1. The van der Waals surface area contributed by atoms with Gasteiger partial charge in [0.1, 0.15) is 11.4 Å². The van der Waals surface area contributed by atoms with Gasteiger partial charge in [-0.3, -0.25) is 4.79 Å². The van der Waals surface area contributed by atoms with Gasteiger partial charge in [-0.1, -0.05) is 0 Å². The minimum atomic E-state index is -0.102. The van der Waals surface area contributed by atoms with Gasteiger partial charge in [-0.25, -0.2) is 4.98 Å². The average Bonchev–Trinajstić information content (AvgIpc) is 3.29. The lowest BCUT2D eigenvalue weighted by Gasteiger charge is -2.11. The highest BCUT2D eigenvalue weighted by Gasteiger charge is 2.16. The minimum absolute atomic E-state index is 0.102. The van der Waals surface area contributed by atoms with Crippen molar-refractivity contribution in [3.63, 3.8) is 0 Å². The molecule has 0 saturated carbocycles. The molecule has 0 radical (unpaired) electrons. The summed E-state index contributed by atoms with van der Waals surface area (Å²) in [5, 5.41) is 8.68. The summed E-state index contributed by atoms with van der Waals surface area (Å²) < 4.78 is 5.43. The minimum Gasteiger partial charge on any atom is -0.494 e. The maximum absolute atomic E-state index is 12.2. The first-order valence-corrected chi connectivity index (χ1v) is 9.69. The zero-order valence-electron chi connectivity index (χ0n) is 14.5. The largest absolute Gasteiger partial charge is 0.494 e. The van der Waals surface area contributed by atoms with E-state index < -0.39 is 0 Å². The van der Waals surface area contributed by atoms with Gasteiger partial charge in [0.15, 0.2) is 5.13 Å². The molecule has 1 fully saturated rings. The van der Waals surface area contributed by atoms with Gasteiger partial charge in [0.25, 0.3) is 5.91 Å². The Morgan fingerprint density at radius 3 is 2.76 bits per heavy atom. The van der Waals surface area contributed by atoms with Crippen LogP contribution < -0.4 is 20.3 Å². The number of benzene rings is 1. The molecule has 2 heterocycles. The van der Waals surface area contributed by atoms with Crippen molar-refractivity contribution in [3.05, 3.63) is 35.3 Å². The van der Waals surface area contributed by atoms with E-state index in [1.165, 1.54) is 37.3 Å². The molecule has 7 heteroatoms. The second-order valence-electron chi connectivity index (χ2n) is 6.08. The van der Waals surface area contributed by atoms with E-state index in [0.717, 1.165) is 18.0 Å². The monoisotopic (exact) mass is 361 g/mol. The van der Waals surface area contributed by atoms with Crippen molar-refractivity contribution in [3.8, 4) is 5.75 Å². The molecule has 25 heavy (non-hydrogen) atoms. The number of carbonyl (C=O) groups excluding carboxylic acids is 1. The van der Waals surface area contributed by atoms with Crippen LogP contribution in [0.3, 0.4) is 0 Å². The van der Waals surface area contributed by atoms with Gasteiger partial charge in [-0.2, -0.15) is 0 Å². The predicted molar refractivity (Wildman–Crippen MR) is 100 cm³/mol. The fourth-order valence-corrected chi connectivity index (χ4v) is 3.64. The number of rotatable bonds is 8. The Balaban J connectivity index is 1.48. The number of ether oxygens (including phenoxy) is 1. The molecule has 1 aliphatic rings. The van der Waals surface area contributed by atoms with Crippen molar-refractivity contribution in [1.29, 1.82) is 0 Å². The summed E-state index contributed by atoms with van der Waals surface area (Å²) >= 11 is 1.43. The normalized spacial score (nSPS) is 14.4. The number of hydrogen-bond donors (Lipinski definition) is 3. The molecule has 1 aromatic heterocycles. The number of aromatic nitrogens is 1. The summed E-state index contributed by atoms with van der Waals surface area (Å²) in [5.74, 6) is 0.738. The number of likely N-dealkylation sites (tertiary alicyclic amines) is 1. The summed E-state index contributed by atoms with van der Waals surface area (Å²) in [7, 11) is 0. The summed E-state index contributed by atoms with van der Waals surface area (Å²) in [5.41, 5.74) is 1.39. The van der Waals surface area contributed by atoms with Crippen molar-refractivity contribution >= 4 is 28.1 Å². The standard InChI is InChI=1S/C18H24N4O2S/c1-2-24-15-7-5-14(6-8-15)20-18-21-16(13-25-18)17(23)19-9-12-22-10-3-4-11-22/h5-8,13H,2-4,9-12H2,1H3,(H,19,23)(H,20,21)/p+1. The van der Waals surface area contributed by atoms with Crippen LogP contribution in [0.5, 0.6) is 5.75 Å². The second-order valence-corrected chi connectivity index (χ2v) is 6.94. The van der Waals surface area contributed by atoms with E-state index in [1.54, 1.807) is 10.3 Å². The first-order valence-electron chi connectivity index (χ1n) is 8.82. The molecule has 0 unspecified atom stereocenters. The maximum atomic E-state index is 12.2. The highest BCUT2D eigenvalue weighted by Crippen LogP contribution is 2.22. The lowest BCUT2D eigenvalue weighted by molar-refractivity contribution is -0.886. The molecule has 1 aromatic carbocycles. The summed E-state index contributed by atoms with van der Waals surface area (Å²) in [4.78, 5) is 18.1. The van der Waals surface area contributed by atoms with Crippen LogP contribution in [0, 0.1) is 0 Å². The van der Waals surface area contributed by atoms with E-state index in [9.17, 15) is 4.79 Å². The maximum Gasteiger partial charge on any atom is 0.271 e. The third kappa shape index (κ3) is 5.17. The van der Waals surface area contributed by atoms with Crippen molar-refractivity contribution < 1.29 is 14.4 Å². The Hall–Kier alpha value is -2.12. The van der Waals surface area contributed by atoms with Gasteiger partial charge in [0.05, 0.1) is 32.8 Å². The summed E-state index contributed by atoms with van der Waals surface area (Å²) in [6, 6.07) is 7.69. The van der Waals surface area contributed by atoms with Crippen LogP contribution in [0.15, 0.2) is 29.6 Å². The van der Waals surface area contributed by atoms with Crippen LogP contribution in [0.2, 0.25) is 0 Å². The van der Waals surface area contributed by atoms with Crippen LogP contribution in [0.4, 0.5) is 10.8 Å². The Bertz CT molecular complexity index is 681. The fraction of sp³-hybridized carbons (Fsp3) is 0.444. The number of anilines is 2. The van der Waals surface area contributed by atoms with Gasteiger partial charge in [0.2, 0.25) is 0 Å². The van der Waals surface area contributed by atoms with Crippen molar-refractivity contribution in [2.24, 2.45) is 0 Å². The van der Waals surface area contributed by atoms with Crippen LogP contribution in [-0.2, 0) is 0 Å². The van der Waals surface area contributed by atoms with E-state index in [4.69, 9.17) is 4.74 Å². The van der Waals surface area contributed by atoms with E-state index in [1.807, 2.05) is 31.2 Å². The van der Waals surface area contributed by atoms with Crippen molar-refractivity contribution in [1.82, 2.24) is 10.3 Å². The third-order valence-corrected chi connectivity index (χ3v) is 4.99. The quantitative estimate of drug-likeness (QED) is 0.669. The molecule has 1 saturated heterocycles. The molecule has 0 spiro atoms. The topological polar surface area (TPSA) is 67.7 Å². The average molecular weight is 361 g/mol. The van der Waals surface area contributed by atoms with Gasteiger partial charge in [-0.15, -0.1) is 11.3 Å². The van der Waals surface area contributed by atoms with E-state index >= 15 is 0 Å². The Morgan fingerprint density at radius 2 is 2.04 bits per heavy atom. The predicted octanol–water partition coefficient (Wildman–Crippen LogP) is 1.69. The zero-order valence-corrected chi connectivity index (χ0v) is 15.3. The number of hydrogen-bond acceptors (Lipinski definition) is 5. The Morgan fingerprint density at radius 1 is 1.28 bits per heavy atom. The molecule has 2 aromatic rings. The lowest BCUT2D eigenvalue weighted by Crippen LogP contribution is -3.10. The lowest BCUT2D eigenvalue weighted by atomic mass is 10.3. The highest BCUT2D eigenvalue weighted by molar-refractivity contribution is 7.14. The molecule has 0 bridgehead atoms. The molecule has 0 aliphatic carbocycles. The Kier molecular flexibility index (Phi) is 6.25. The molecule has 1 amide bonds.